The minimum Gasteiger partial charge on any atom is -0.321 e. The molecule has 1 heterocycles. The van der Waals surface area contributed by atoms with Gasteiger partial charge in [0, 0.05) is 16.9 Å². The monoisotopic (exact) mass is 313 g/mol. The summed E-state index contributed by atoms with van der Waals surface area (Å²) < 4.78 is 51.1. The minimum absolute atomic E-state index is 0.0467. The van der Waals surface area contributed by atoms with Crippen LogP contribution >= 0.6 is 0 Å². The smallest absolute Gasteiger partial charge is 0.321 e. The third kappa shape index (κ3) is 3.21. The van der Waals surface area contributed by atoms with E-state index in [1.54, 1.807) is 13.8 Å². The lowest BCUT2D eigenvalue weighted by molar-refractivity contribution is -0.139. The molecule has 0 aliphatic carbocycles. The zero-order valence-electron chi connectivity index (χ0n) is 11.6. The van der Waals surface area contributed by atoms with Gasteiger partial charge in [-0.25, -0.2) is 14.4 Å². The van der Waals surface area contributed by atoms with Crippen molar-refractivity contribution in [1.29, 1.82) is 0 Å². The third-order valence-electron chi connectivity index (χ3n) is 3.08. The van der Waals surface area contributed by atoms with Crippen LogP contribution in [0.4, 0.5) is 23.2 Å². The van der Waals surface area contributed by atoms with Gasteiger partial charge >= 0.3 is 6.18 Å². The van der Waals surface area contributed by atoms with E-state index < -0.39 is 23.5 Å². The van der Waals surface area contributed by atoms with Gasteiger partial charge in [-0.3, -0.25) is 4.79 Å². The molecule has 2 aromatic rings. The van der Waals surface area contributed by atoms with Gasteiger partial charge in [0.05, 0.1) is 5.56 Å². The van der Waals surface area contributed by atoms with Gasteiger partial charge in [-0.2, -0.15) is 13.2 Å². The molecule has 0 radical (unpaired) electrons. The van der Waals surface area contributed by atoms with Crippen molar-refractivity contribution in [2.24, 2.45) is 0 Å². The molecule has 0 atom stereocenters. The maximum absolute atomic E-state index is 13.2. The topological polar surface area (TPSA) is 54.9 Å². The van der Waals surface area contributed by atoms with Gasteiger partial charge in [0.1, 0.15) is 17.8 Å². The van der Waals surface area contributed by atoms with Crippen molar-refractivity contribution in [2.75, 3.05) is 5.32 Å². The number of aryl methyl sites for hydroxylation is 1. The molecule has 8 heteroatoms. The lowest BCUT2D eigenvalue weighted by Gasteiger charge is -2.11. The molecule has 0 fully saturated rings. The summed E-state index contributed by atoms with van der Waals surface area (Å²) >= 11 is 0. The normalized spacial score (nSPS) is 11.4. The predicted molar refractivity (Wildman–Crippen MR) is 70.9 cm³/mol. The van der Waals surface area contributed by atoms with Crippen molar-refractivity contribution in [2.45, 2.75) is 20.0 Å². The molecule has 116 valence electrons. The molecule has 0 saturated heterocycles. The molecule has 0 spiro atoms. The number of amides is 1. The SMILES string of the molecule is Cc1ncnc(C(=O)Nc2ccc(F)c(C(F)(F)F)c2)c1C. The van der Waals surface area contributed by atoms with Crippen LogP contribution in [0.5, 0.6) is 0 Å². The molecular weight excluding hydrogens is 302 g/mol. The van der Waals surface area contributed by atoms with Crippen molar-refractivity contribution in [3.63, 3.8) is 0 Å². The van der Waals surface area contributed by atoms with E-state index in [0.29, 0.717) is 23.4 Å². The Balaban J connectivity index is 2.31. The van der Waals surface area contributed by atoms with E-state index in [0.717, 1.165) is 6.07 Å². The van der Waals surface area contributed by atoms with Crippen LogP contribution in [0.25, 0.3) is 0 Å². The zero-order chi connectivity index (χ0) is 16.5. The minimum atomic E-state index is -4.84. The van der Waals surface area contributed by atoms with Gasteiger partial charge in [0.2, 0.25) is 0 Å². The average Bonchev–Trinajstić information content (AvgIpc) is 2.42. The van der Waals surface area contributed by atoms with Crippen LogP contribution in [0.3, 0.4) is 0 Å². The number of alkyl halides is 3. The van der Waals surface area contributed by atoms with Crippen LogP contribution in [-0.4, -0.2) is 15.9 Å². The molecule has 0 saturated carbocycles. The molecule has 4 nitrogen and oxygen atoms in total. The number of benzene rings is 1. The summed E-state index contributed by atoms with van der Waals surface area (Å²) in [6.45, 7) is 3.30. The quantitative estimate of drug-likeness (QED) is 0.863. The highest BCUT2D eigenvalue weighted by molar-refractivity contribution is 6.03. The number of hydrogen-bond acceptors (Lipinski definition) is 3. The number of nitrogens with one attached hydrogen (secondary N) is 1. The van der Waals surface area contributed by atoms with Crippen LogP contribution in [0, 0.1) is 19.7 Å². The van der Waals surface area contributed by atoms with Crippen LogP contribution < -0.4 is 5.32 Å². The van der Waals surface area contributed by atoms with Gasteiger partial charge in [-0.1, -0.05) is 0 Å². The van der Waals surface area contributed by atoms with Crippen LogP contribution in [-0.2, 0) is 6.18 Å². The second-order valence-corrected chi connectivity index (χ2v) is 4.58. The predicted octanol–water partition coefficient (Wildman–Crippen LogP) is 3.50. The van der Waals surface area contributed by atoms with Crippen molar-refractivity contribution >= 4 is 11.6 Å². The third-order valence-corrected chi connectivity index (χ3v) is 3.08. The summed E-state index contributed by atoms with van der Waals surface area (Å²) in [5.74, 6) is -2.10. The van der Waals surface area contributed by atoms with Gasteiger partial charge in [-0.05, 0) is 32.0 Å². The molecule has 22 heavy (non-hydrogen) atoms. The Morgan fingerprint density at radius 1 is 1.18 bits per heavy atom. The molecule has 0 unspecified atom stereocenters. The summed E-state index contributed by atoms with van der Waals surface area (Å²) in [6.07, 6.45) is -3.66. The largest absolute Gasteiger partial charge is 0.419 e. The van der Waals surface area contributed by atoms with E-state index in [-0.39, 0.29) is 11.4 Å². The molecule has 1 amide bonds. The molecular formula is C14H11F4N3O. The van der Waals surface area contributed by atoms with Gasteiger partial charge < -0.3 is 5.32 Å². The average molecular weight is 313 g/mol. The highest BCUT2D eigenvalue weighted by atomic mass is 19.4. The number of carbonyl (C=O) groups excluding carboxylic acids is 1. The number of hydrogen-bond donors (Lipinski definition) is 1. The number of aromatic nitrogens is 2. The van der Waals surface area contributed by atoms with E-state index >= 15 is 0 Å². The number of anilines is 1. The first-order valence-electron chi connectivity index (χ1n) is 6.16. The fourth-order valence-corrected chi connectivity index (χ4v) is 1.78. The second-order valence-electron chi connectivity index (χ2n) is 4.58. The molecule has 1 aromatic carbocycles. The van der Waals surface area contributed by atoms with Gasteiger partial charge in [-0.15, -0.1) is 0 Å². The Labute approximate surface area is 123 Å². The van der Waals surface area contributed by atoms with E-state index in [1.807, 2.05) is 0 Å². The van der Waals surface area contributed by atoms with Crippen LogP contribution in [0.15, 0.2) is 24.5 Å². The first kappa shape index (κ1) is 15.9. The lowest BCUT2D eigenvalue weighted by atomic mass is 10.1. The van der Waals surface area contributed by atoms with Crippen LogP contribution in [0.1, 0.15) is 27.3 Å². The number of halogens is 4. The second kappa shape index (κ2) is 5.70. The fraction of sp³-hybridized carbons (Fsp3) is 0.214. The molecule has 2 rings (SSSR count). The molecule has 1 aromatic heterocycles. The summed E-state index contributed by atoms with van der Waals surface area (Å²) in [7, 11) is 0. The maximum atomic E-state index is 13.2. The number of nitrogens with zero attached hydrogens (tertiary/aromatic N) is 2. The van der Waals surface area contributed by atoms with E-state index in [1.165, 1.54) is 6.33 Å². The standard InChI is InChI=1S/C14H11F4N3O/c1-7-8(2)19-6-20-12(7)13(22)21-9-3-4-11(15)10(5-9)14(16,17)18/h3-6H,1-2H3,(H,21,22). The Hall–Kier alpha value is -2.51. The van der Waals surface area contributed by atoms with Crippen molar-refractivity contribution in [3.8, 4) is 0 Å². The van der Waals surface area contributed by atoms with E-state index in [2.05, 4.69) is 15.3 Å². The Morgan fingerprint density at radius 2 is 1.86 bits per heavy atom. The number of carbonyl (C=O) groups is 1. The summed E-state index contributed by atoms with van der Waals surface area (Å²) in [5, 5.41) is 2.27. The summed E-state index contributed by atoms with van der Waals surface area (Å²) in [5.41, 5.74) is -0.478. The first-order chi connectivity index (χ1) is 10.2. The first-order valence-corrected chi connectivity index (χ1v) is 6.16. The highest BCUT2D eigenvalue weighted by Gasteiger charge is 2.34. The zero-order valence-corrected chi connectivity index (χ0v) is 11.6. The molecule has 0 aliphatic rings. The van der Waals surface area contributed by atoms with E-state index in [4.69, 9.17) is 0 Å². The highest BCUT2D eigenvalue weighted by Crippen LogP contribution is 2.33. The summed E-state index contributed by atoms with van der Waals surface area (Å²) in [4.78, 5) is 19.8. The van der Waals surface area contributed by atoms with Crippen molar-refractivity contribution in [1.82, 2.24) is 9.97 Å². The van der Waals surface area contributed by atoms with Gasteiger partial charge in [0.15, 0.2) is 0 Å². The lowest BCUT2D eigenvalue weighted by Crippen LogP contribution is -2.17. The van der Waals surface area contributed by atoms with Crippen molar-refractivity contribution < 1.29 is 22.4 Å². The maximum Gasteiger partial charge on any atom is 0.419 e. The Bertz CT molecular complexity index is 729. The van der Waals surface area contributed by atoms with Crippen molar-refractivity contribution in [3.05, 3.63) is 52.9 Å². The van der Waals surface area contributed by atoms with Gasteiger partial charge in [0.25, 0.3) is 5.91 Å². The molecule has 0 bridgehead atoms. The fourth-order valence-electron chi connectivity index (χ4n) is 1.78. The van der Waals surface area contributed by atoms with Crippen LogP contribution in [0.2, 0.25) is 0 Å². The summed E-state index contributed by atoms with van der Waals surface area (Å²) in [6, 6.07) is 2.24. The Kier molecular flexibility index (Phi) is 4.11. The Morgan fingerprint density at radius 3 is 2.50 bits per heavy atom. The van der Waals surface area contributed by atoms with E-state index in [9.17, 15) is 22.4 Å². The molecule has 1 N–H and O–H groups in total. The molecule has 0 aliphatic heterocycles. The number of rotatable bonds is 2.